The Balaban J connectivity index is 0.000000109. The predicted octanol–water partition coefficient (Wildman–Crippen LogP) is 16.9. The molecule has 16 rings (SSSR count). The van der Waals surface area contributed by atoms with E-state index in [2.05, 4.69) is 63.0 Å². The molecule has 0 radical (unpaired) electrons. The maximum atomic E-state index is 13.2. The van der Waals surface area contributed by atoms with Gasteiger partial charge >= 0.3 is 0 Å². The van der Waals surface area contributed by atoms with Crippen LogP contribution in [0.25, 0.3) is 88.6 Å². The lowest BCUT2D eigenvalue weighted by Gasteiger charge is -2.26. The van der Waals surface area contributed by atoms with Crippen LogP contribution in [0.3, 0.4) is 0 Å². The molecule has 1 N–H and O–H groups in total. The van der Waals surface area contributed by atoms with Crippen molar-refractivity contribution in [2.75, 3.05) is 39.5 Å². The molecule has 11 heterocycles. The van der Waals surface area contributed by atoms with Gasteiger partial charge in [-0.05, 0) is 168 Å². The van der Waals surface area contributed by atoms with Crippen LogP contribution in [0.1, 0.15) is 95.3 Å². The first-order chi connectivity index (χ1) is 43.7. The summed E-state index contributed by atoms with van der Waals surface area (Å²) < 4.78 is 32.7. The average molecular weight is 1250 g/mol. The van der Waals surface area contributed by atoms with Gasteiger partial charge < -0.3 is 14.8 Å². The first kappa shape index (κ1) is 60.0. The van der Waals surface area contributed by atoms with E-state index in [1.54, 1.807) is 18.3 Å². The van der Waals surface area contributed by atoms with Gasteiger partial charge in [-0.25, -0.2) is 4.39 Å². The van der Waals surface area contributed by atoms with Crippen LogP contribution in [0.5, 0.6) is 0 Å². The fourth-order valence-corrected chi connectivity index (χ4v) is 13.1. The summed E-state index contributed by atoms with van der Waals surface area (Å²) in [4.78, 5) is 17.1. The smallest absolute Gasteiger partial charge is 0.123 e. The molecule has 1 saturated carbocycles. The van der Waals surface area contributed by atoms with Gasteiger partial charge in [0.05, 0.1) is 46.2 Å². The van der Waals surface area contributed by atoms with E-state index < -0.39 is 0 Å². The van der Waals surface area contributed by atoms with Crippen molar-refractivity contribution in [1.82, 2.24) is 64.4 Å². The monoisotopic (exact) mass is 1250 g/mol. The third kappa shape index (κ3) is 13.5. The fourth-order valence-electron chi connectivity index (χ4n) is 12.7. The lowest BCUT2D eigenvalue weighted by Crippen LogP contribution is -2.29. The summed E-state index contributed by atoms with van der Waals surface area (Å²) in [5, 5.41) is 29.5. The number of piperidine rings is 1. The molecule has 0 atom stereocenters. The van der Waals surface area contributed by atoms with Gasteiger partial charge in [0.25, 0.3) is 0 Å². The molecule has 3 aliphatic heterocycles. The van der Waals surface area contributed by atoms with Gasteiger partial charge in [0, 0.05) is 135 Å². The highest BCUT2D eigenvalue weighted by Gasteiger charge is 2.26. The van der Waals surface area contributed by atoms with Crippen molar-refractivity contribution in [3.8, 4) is 45.0 Å². The second kappa shape index (κ2) is 27.8. The van der Waals surface area contributed by atoms with E-state index in [1.165, 1.54) is 43.3 Å². The van der Waals surface area contributed by atoms with Crippen LogP contribution in [-0.4, -0.2) is 98.6 Å². The number of benzene rings is 4. The predicted molar refractivity (Wildman–Crippen MR) is 353 cm³/mol. The zero-order valence-corrected chi connectivity index (χ0v) is 51.8. The van der Waals surface area contributed by atoms with Crippen molar-refractivity contribution in [2.45, 2.75) is 95.3 Å². The molecular formula is C70H69Cl3FN13O2. The number of rotatable bonds is 8. The van der Waals surface area contributed by atoms with Crippen molar-refractivity contribution in [3.05, 3.63) is 192 Å². The zero-order chi connectivity index (χ0) is 60.6. The van der Waals surface area contributed by atoms with E-state index in [-0.39, 0.29) is 5.82 Å². The molecule has 19 heteroatoms. The molecule has 0 unspecified atom stereocenters. The standard InChI is InChI=1S/C19H20ClN3.C17H17ClN4.C17H16ClN3O.C17H16FN3O/c1-13-2-8-16(9-3-13)23-18-10-11-21-12-17(18)19(22-23)14-4-6-15(20)7-5-14;18-13-3-1-12(2-4-13)17-15-11-20-10-7-16(15)22(21-17)14-5-8-19-9-6-14;2*18-13-3-1-12(2-4-13)17-15-11-19-8-5-16(15)21(20-17)14-6-9-22-10-7-14/h4-7,10-13,16H,2-3,8-9H2,1H3;1-4,7,10-11,14,19H,5-6,8-9H2;2*1-5,8,11,14H,6-7,9-10H2. The highest BCUT2D eigenvalue weighted by molar-refractivity contribution is 6.31. The van der Waals surface area contributed by atoms with Crippen LogP contribution < -0.4 is 5.32 Å². The molecule has 0 spiro atoms. The molecule has 8 aromatic heterocycles. The second-order valence-corrected chi connectivity index (χ2v) is 24.7. The van der Waals surface area contributed by atoms with Crippen molar-refractivity contribution in [3.63, 3.8) is 0 Å². The van der Waals surface area contributed by atoms with Crippen molar-refractivity contribution in [1.29, 1.82) is 0 Å². The number of aromatic nitrogens is 12. The number of halogens is 4. The quantitative estimate of drug-likeness (QED) is 0.155. The van der Waals surface area contributed by atoms with Gasteiger partial charge in [-0.1, -0.05) is 78.1 Å². The number of hydrogen-bond acceptors (Lipinski definition) is 11. The Morgan fingerprint density at radius 1 is 0.371 bits per heavy atom. The molecule has 4 aromatic carbocycles. The molecule has 12 aromatic rings. The van der Waals surface area contributed by atoms with E-state index >= 15 is 0 Å². The molecule has 89 heavy (non-hydrogen) atoms. The molecule has 0 bridgehead atoms. The molecule has 3 saturated heterocycles. The van der Waals surface area contributed by atoms with Gasteiger partial charge in [0.15, 0.2) is 0 Å². The lowest BCUT2D eigenvalue weighted by molar-refractivity contribution is 0.0674. The SMILES string of the molecule is CC1CCC(n2nc(-c3ccc(Cl)cc3)c3cnccc32)CC1.Clc1ccc(-c2nn(C3CCNCC3)c3ccncc23)cc1.Clc1ccc(-c2nn(C3CCOCC3)c3ccncc23)cc1.Fc1ccc(-c2nn(C3CCOCC3)c3ccncc23)cc1. The van der Waals surface area contributed by atoms with Crippen molar-refractivity contribution >= 4 is 78.4 Å². The first-order valence-corrected chi connectivity index (χ1v) is 32.0. The second-order valence-electron chi connectivity index (χ2n) is 23.4. The van der Waals surface area contributed by atoms with E-state index in [1.807, 2.05) is 128 Å². The number of fused-ring (bicyclic) bond motifs is 4. The topological polar surface area (TPSA) is 153 Å². The Labute approximate surface area is 531 Å². The minimum absolute atomic E-state index is 0.241. The van der Waals surface area contributed by atoms with Crippen molar-refractivity contribution in [2.24, 2.45) is 5.92 Å². The summed E-state index contributed by atoms with van der Waals surface area (Å²) in [6.07, 6.45) is 26.0. The Morgan fingerprint density at radius 3 is 0.966 bits per heavy atom. The van der Waals surface area contributed by atoms with Crippen LogP contribution >= 0.6 is 34.8 Å². The van der Waals surface area contributed by atoms with E-state index in [0.717, 1.165) is 182 Å². The minimum Gasteiger partial charge on any atom is -0.381 e. The Morgan fingerprint density at radius 2 is 0.652 bits per heavy atom. The normalized spacial score (nSPS) is 17.6. The maximum Gasteiger partial charge on any atom is 0.123 e. The summed E-state index contributed by atoms with van der Waals surface area (Å²) in [5.41, 5.74) is 12.5. The average Bonchev–Trinajstić information content (AvgIpc) is 1.87. The zero-order valence-electron chi connectivity index (χ0n) is 49.6. The Kier molecular flexibility index (Phi) is 18.8. The van der Waals surface area contributed by atoms with Gasteiger partial charge in [-0.2, -0.15) is 20.4 Å². The Hall–Kier alpha value is -7.96. The fraction of sp³-hybridized carbons (Fsp3) is 0.314. The number of pyridine rings is 4. The van der Waals surface area contributed by atoms with E-state index in [9.17, 15) is 4.39 Å². The lowest BCUT2D eigenvalue weighted by atomic mass is 9.87. The molecule has 0 amide bonds. The number of ether oxygens (including phenoxy) is 2. The number of nitrogens with one attached hydrogen (secondary N) is 1. The highest BCUT2D eigenvalue weighted by Crippen LogP contribution is 2.39. The van der Waals surface area contributed by atoms with Crippen LogP contribution in [0.4, 0.5) is 4.39 Å². The van der Waals surface area contributed by atoms with Gasteiger partial charge in [-0.3, -0.25) is 38.7 Å². The van der Waals surface area contributed by atoms with Gasteiger partial charge in [0.1, 0.15) is 28.6 Å². The van der Waals surface area contributed by atoms with E-state index in [4.69, 9.17) is 64.7 Å². The van der Waals surface area contributed by atoms with Gasteiger partial charge in [0.2, 0.25) is 0 Å². The minimum atomic E-state index is -0.241. The largest absolute Gasteiger partial charge is 0.381 e. The molecule has 1 aliphatic carbocycles. The summed E-state index contributed by atoms with van der Waals surface area (Å²) >= 11 is 18.0. The Bertz CT molecular complexity index is 3970. The van der Waals surface area contributed by atoms with Crippen LogP contribution in [-0.2, 0) is 9.47 Å². The molecular weight excluding hydrogens is 1180 g/mol. The van der Waals surface area contributed by atoms with Gasteiger partial charge in [-0.15, -0.1) is 0 Å². The molecule has 4 aliphatic rings. The van der Waals surface area contributed by atoms with Crippen LogP contribution in [0, 0.1) is 11.7 Å². The number of nitrogens with zero attached hydrogens (tertiary/aromatic N) is 12. The highest BCUT2D eigenvalue weighted by atomic mass is 35.5. The third-order valence-electron chi connectivity index (χ3n) is 17.6. The van der Waals surface area contributed by atoms with Crippen LogP contribution in [0.2, 0.25) is 15.1 Å². The van der Waals surface area contributed by atoms with Crippen LogP contribution in [0.15, 0.2) is 171 Å². The number of hydrogen-bond donors (Lipinski definition) is 1. The summed E-state index contributed by atoms with van der Waals surface area (Å²) in [5.74, 6) is 0.598. The summed E-state index contributed by atoms with van der Waals surface area (Å²) in [6, 6.07) is 39.8. The maximum absolute atomic E-state index is 13.2. The summed E-state index contributed by atoms with van der Waals surface area (Å²) in [6.45, 7) is 7.58. The summed E-state index contributed by atoms with van der Waals surface area (Å²) in [7, 11) is 0. The molecule has 15 nitrogen and oxygen atoms in total. The van der Waals surface area contributed by atoms with Crippen molar-refractivity contribution < 1.29 is 13.9 Å². The first-order valence-electron chi connectivity index (χ1n) is 30.9. The molecule has 4 fully saturated rings. The van der Waals surface area contributed by atoms with E-state index in [0.29, 0.717) is 24.2 Å². The molecule has 454 valence electrons. The third-order valence-corrected chi connectivity index (χ3v) is 18.3.